The van der Waals surface area contributed by atoms with Crippen LogP contribution in [0.2, 0.25) is 0 Å². The van der Waals surface area contributed by atoms with Crippen LogP contribution < -0.4 is 0 Å². The number of cyclic esters (lactones) is 1. The van der Waals surface area contributed by atoms with Crippen LogP contribution in [-0.4, -0.2) is 16.2 Å². The summed E-state index contributed by atoms with van der Waals surface area (Å²) in [7, 11) is 0. The highest BCUT2D eigenvalue weighted by Crippen LogP contribution is 2.38. The van der Waals surface area contributed by atoms with Gasteiger partial charge in [-0.15, -0.1) is 0 Å². The maximum absolute atomic E-state index is 10.9. The van der Waals surface area contributed by atoms with Crippen LogP contribution >= 0.6 is 11.8 Å². The number of carbonyl (C=O) groups excluding carboxylic acids is 1. The van der Waals surface area contributed by atoms with Crippen molar-refractivity contribution in [2.75, 3.05) is 0 Å². The molecule has 1 rings (SSSR count). The van der Waals surface area contributed by atoms with Gasteiger partial charge in [0.05, 0.1) is 0 Å². The van der Waals surface area contributed by atoms with Crippen LogP contribution in [0.15, 0.2) is 12.7 Å². The fraction of sp³-hybridized carbons (Fsp3) is 0.571. The molecule has 56 valence electrons. The van der Waals surface area contributed by atoms with Crippen molar-refractivity contribution in [3.8, 4) is 0 Å². The molecule has 1 aliphatic heterocycles. The molecule has 2 atom stereocenters. The van der Waals surface area contributed by atoms with E-state index in [4.69, 9.17) is 4.74 Å². The summed E-state index contributed by atoms with van der Waals surface area (Å²) in [4.78, 5) is 10.4. The van der Waals surface area contributed by atoms with E-state index >= 15 is 0 Å². The lowest BCUT2D eigenvalue weighted by Crippen LogP contribution is -2.16. The number of hydrogen-bond donors (Lipinski definition) is 0. The Morgan fingerprint density at radius 1 is 1.90 bits per heavy atom. The third kappa shape index (κ3) is 1.19. The Balaban J connectivity index is 2.73. The molecule has 2 unspecified atom stereocenters. The number of thioether (sulfide) groups is 1. The average molecular weight is 158 g/mol. The number of carbonyl (C=O) groups is 1. The number of ether oxygens (including phenoxy) is 1. The molecule has 0 saturated carbocycles. The van der Waals surface area contributed by atoms with E-state index in [-0.39, 0.29) is 11.2 Å². The van der Waals surface area contributed by atoms with Crippen LogP contribution in [0.1, 0.15) is 13.8 Å². The topological polar surface area (TPSA) is 26.3 Å². The largest absolute Gasteiger partial charge is 0.443 e. The molecule has 0 bridgehead atoms. The van der Waals surface area contributed by atoms with Gasteiger partial charge in [-0.25, -0.2) is 0 Å². The second-order valence-electron chi connectivity index (χ2n) is 2.40. The molecule has 0 N–H and O–H groups in total. The maximum Gasteiger partial charge on any atom is 0.320 e. The number of hydrogen-bond acceptors (Lipinski definition) is 3. The molecule has 0 aromatic rings. The Bertz CT molecular complexity index is 178. The highest BCUT2D eigenvalue weighted by Gasteiger charge is 2.39. The van der Waals surface area contributed by atoms with E-state index < -0.39 is 4.93 Å². The molecule has 0 amide bonds. The minimum atomic E-state index is -0.490. The molecule has 1 aliphatic rings. The Morgan fingerprint density at radius 3 is 2.70 bits per heavy atom. The smallest absolute Gasteiger partial charge is 0.320 e. The van der Waals surface area contributed by atoms with Crippen molar-refractivity contribution in [3.63, 3.8) is 0 Å². The van der Waals surface area contributed by atoms with Crippen molar-refractivity contribution in [2.24, 2.45) is 0 Å². The molecular formula is C7H10O2S. The van der Waals surface area contributed by atoms with Crippen molar-refractivity contribution in [1.82, 2.24) is 0 Å². The molecule has 0 radical (unpaired) electrons. The highest BCUT2D eigenvalue weighted by atomic mass is 32.2. The Morgan fingerprint density at radius 2 is 2.50 bits per heavy atom. The summed E-state index contributed by atoms with van der Waals surface area (Å²) in [6.45, 7) is 7.26. The van der Waals surface area contributed by atoms with E-state index in [2.05, 4.69) is 6.58 Å². The lowest BCUT2D eigenvalue weighted by atomic mass is 10.4. The monoisotopic (exact) mass is 158 g/mol. The summed E-state index contributed by atoms with van der Waals surface area (Å²) >= 11 is 1.49. The highest BCUT2D eigenvalue weighted by molar-refractivity contribution is 8.02. The molecule has 0 aromatic heterocycles. The average Bonchev–Trinajstić information content (AvgIpc) is 2.10. The summed E-state index contributed by atoms with van der Waals surface area (Å²) in [5.41, 5.74) is 0. The van der Waals surface area contributed by atoms with Crippen molar-refractivity contribution >= 4 is 17.7 Å². The molecule has 1 heterocycles. The Kier molecular flexibility index (Phi) is 1.77. The first kappa shape index (κ1) is 7.66. The Labute approximate surface area is 64.6 Å². The maximum atomic E-state index is 10.9. The first-order valence-electron chi connectivity index (χ1n) is 3.12. The first-order valence-corrected chi connectivity index (χ1v) is 3.99. The van der Waals surface area contributed by atoms with Crippen LogP contribution in [0, 0.1) is 0 Å². The van der Waals surface area contributed by atoms with Crippen LogP contribution in [0.4, 0.5) is 0 Å². The van der Waals surface area contributed by atoms with Crippen molar-refractivity contribution < 1.29 is 9.53 Å². The summed E-state index contributed by atoms with van der Waals surface area (Å²) in [5, 5.41) is -0.0528. The van der Waals surface area contributed by atoms with E-state index in [9.17, 15) is 4.79 Å². The van der Waals surface area contributed by atoms with E-state index in [0.717, 1.165) is 0 Å². The molecule has 0 aliphatic carbocycles. The minimum Gasteiger partial charge on any atom is -0.443 e. The van der Waals surface area contributed by atoms with E-state index in [0.29, 0.717) is 0 Å². The predicted molar refractivity (Wildman–Crippen MR) is 41.7 cm³/mol. The fourth-order valence-electron chi connectivity index (χ4n) is 0.796. The zero-order valence-electron chi connectivity index (χ0n) is 6.09. The van der Waals surface area contributed by atoms with Crippen molar-refractivity contribution in [3.05, 3.63) is 12.7 Å². The van der Waals surface area contributed by atoms with Gasteiger partial charge in [-0.2, -0.15) is 0 Å². The van der Waals surface area contributed by atoms with Crippen LogP contribution in [0.25, 0.3) is 0 Å². The number of esters is 1. The number of rotatable bonds is 1. The fourth-order valence-corrected chi connectivity index (χ4v) is 1.87. The summed E-state index contributed by atoms with van der Waals surface area (Å²) in [6, 6.07) is 0. The molecule has 0 spiro atoms. The second-order valence-corrected chi connectivity index (χ2v) is 4.15. The van der Waals surface area contributed by atoms with Crippen LogP contribution in [-0.2, 0) is 9.53 Å². The van der Waals surface area contributed by atoms with E-state index in [1.807, 2.05) is 13.8 Å². The predicted octanol–water partition coefficient (Wildman–Crippen LogP) is 1.57. The van der Waals surface area contributed by atoms with Crippen LogP contribution in [0.5, 0.6) is 0 Å². The second kappa shape index (κ2) is 2.31. The van der Waals surface area contributed by atoms with E-state index in [1.54, 1.807) is 6.08 Å². The standard InChI is InChI=1S/C7H10O2S/c1-4-7(3)9-6(8)5(2)10-7/h4-5H,1H2,2-3H3. The summed E-state index contributed by atoms with van der Waals surface area (Å²) in [6.07, 6.45) is 1.65. The van der Waals surface area contributed by atoms with E-state index in [1.165, 1.54) is 11.8 Å². The SMILES string of the molecule is C=CC1(C)OC(=O)C(C)S1. The van der Waals surface area contributed by atoms with Gasteiger partial charge in [0.25, 0.3) is 0 Å². The third-order valence-corrected chi connectivity index (χ3v) is 2.68. The summed E-state index contributed by atoms with van der Waals surface area (Å²) in [5.74, 6) is -0.146. The quantitative estimate of drug-likeness (QED) is 0.428. The van der Waals surface area contributed by atoms with Gasteiger partial charge in [-0.3, -0.25) is 4.79 Å². The molecule has 2 nitrogen and oxygen atoms in total. The van der Waals surface area contributed by atoms with Gasteiger partial charge in [0.1, 0.15) is 5.25 Å². The van der Waals surface area contributed by atoms with Gasteiger partial charge in [0, 0.05) is 0 Å². The molecule has 3 heteroatoms. The molecule has 0 aromatic carbocycles. The van der Waals surface area contributed by atoms with Crippen LogP contribution in [0.3, 0.4) is 0 Å². The van der Waals surface area contributed by atoms with Gasteiger partial charge in [-0.05, 0) is 19.9 Å². The van der Waals surface area contributed by atoms with Gasteiger partial charge in [-0.1, -0.05) is 18.3 Å². The van der Waals surface area contributed by atoms with Crippen molar-refractivity contribution in [1.29, 1.82) is 0 Å². The molecular weight excluding hydrogens is 148 g/mol. The third-order valence-electron chi connectivity index (χ3n) is 1.42. The normalized spacial score (nSPS) is 39.4. The summed E-state index contributed by atoms with van der Waals surface area (Å²) < 4.78 is 5.02. The zero-order valence-corrected chi connectivity index (χ0v) is 6.90. The lowest BCUT2D eigenvalue weighted by Gasteiger charge is -2.14. The zero-order chi connectivity index (χ0) is 7.78. The Hall–Kier alpha value is -0.440. The van der Waals surface area contributed by atoms with Crippen molar-refractivity contribution in [2.45, 2.75) is 24.0 Å². The minimum absolute atomic E-state index is 0.0528. The first-order chi connectivity index (χ1) is 4.57. The lowest BCUT2D eigenvalue weighted by molar-refractivity contribution is -0.144. The van der Waals surface area contributed by atoms with Gasteiger partial charge in [0.2, 0.25) is 0 Å². The van der Waals surface area contributed by atoms with Gasteiger partial charge >= 0.3 is 5.97 Å². The molecule has 1 fully saturated rings. The molecule has 1 saturated heterocycles. The van der Waals surface area contributed by atoms with Gasteiger partial charge < -0.3 is 4.74 Å². The van der Waals surface area contributed by atoms with Gasteiger partial charge in [0.15, 0.2) is 4.93 Å². The molecule has 10 heavy (non-hydrogen) atoms.